The van der Waals surface area contributed by atoms with Gasteiger partial charge in [0, 0.05) is 25.0 Å². The average molecular weight is 244 g/mol. The third kappa shape index (κ3) is 2.26. The van der Waals surface area contributed by atoms with E-state index < -0.39 is 0 Å². The summed E-state index contributed by atoms with van der Waals surface area (Å²) < 4.78 is 5.53. The number of aromatic nitrogens is 3. The van der Waals surface area contributed by atoms with Crippen LogP contribution in [0.2, 0.25) is 0 Å². The van der Waals surface area contributed by atoms with Gasteiger partial charge in [-0.2, -0.15) is 0 Å². The molecule has 18 heavy (non-hydrogen) atoms. The summed E-state index contributed by atoms with van der Waals surface area (Å²) in [7, 11) is 0. The van der Waals surface area contributed by atoms with Crippen molar-refractivity contribution in [1.82, 2.24) is 15.0 Å². The van der Waals surface area contributed by atoms with Crippen LogP contribution in [-0.2, 0) is 4.74 Å². The van der Waals surface area contributed by atoms with E-state index in [0.717, 1.165) is 30.8 Å². The molecule has 3 rings (SSSR count). The van der Waals surface area contributed by atoms with Gasteiger partial charge in [0.2, 0.25) is 0 Å². The van der Waals surface area contributed by atoms with Crippen LogP contribution >= 0.6 is 0 Å². The Morgan fingerprint density at radius 1 is 1.28 bits per heavy atom. The largest absolute Gasteiger partial charge is 0.378 e. The summed E-state index contributed by atoms with van der Waals surface area (Å²) in [6, 6.07) is 4.35. The van der Waals surface area contributed by atoms with Crippen molar-refractivity contribution in [3.8, 4) is 0 Å². The van der Waals surface area contributed by atoms with Gasteiger partial charge < -0.3 is 10.1 Å². The van der Waals surface area contributed by atoms with Crippen LogP contribution in [0.3, 0.4) is 0 Å². The summed E-state index contributed by atoms with van der Waals surface area (Å²) in [5.74, 6) is 0.864. The molecule has 0 spiro atoms. The van der Waals surface area contributed by atoms with Crippen molar-refractivity contribution in [3.63, 3.8) is 0 Å². The van der Waals surface area contributed by atoms with Crippen molar-refractivity contribution in [2.24, 2.45) is 0 Å². The van der Waals surface area contributed by atoms with E-state index in [1.807, 2.05) is 19.1 Å². The molecule has 0 aliphatic heterocycles. The van der Waals surface area contributed by atoms with E-state index in [0.29, 0.717) is 17.8 Å². The molecule has 1 aliphatic carbocycles. The molecule has 5 nitrogen and oxygen atoms in total. The van der Waals surface area contributed by atoms with E-state index in [4.69, 9.17) is 4.74 Å². The van der Waals surface area contributed by atoms with Gasteiger partial charge in [-0.05, 0) is 31.9 Å². The van der Waals surface area contributed by atoms with E-state index in [2.05, 4.69) is 20.3 Å². The monoisotopic (exact) mass is 244 g/mol. The summed E-state index contributed by atoms with van der Waals surface area (Å²) in [6.45, 7) is 2.82. The summed E-state index contributed by atoms with van der Waals surface area (Å²) in [5.41, 5.74) is 1.51. The number of nitrogens with one attached hydrogen (secondary N) is 1. The highest BCUT2D eigenvalue weighted by Crippen LogP contribution is 2.26. The van der Waals surface area contributed by atoms with E-state index in [-0.39, 0.29) is 0 Å². The molecule has 0 amide bonds. The molecule has 5 heteroatoms. The number of pyridine rings is 1. The van der Waals surface area contributed by atoms with Gasteiger partial charge in [0.05, 0.1) is 6.10 Å². The molecule has 0 saturated heterocycles. The molecular weight excluding hydrogens is 228 g/mol. The van der Waals surface area contributed by atoms with Gasteiger partial charge in [-0.15, -0.1) is 0 Å². The first-order chi connectivity index (χ1) is 8.85. The van der Waals surface area contributed by atoms with Crippen LogP contribution in [0, 0.1) is 0 Å². The molecule has 0 radical (unpaired) electrons. The zero-order valence-electron chi connectivity index (χ0n) is 10.3. The summed E-state index contributed by atoms with van der Waals surface area (Å²) in [6.07, 6.45) is 5.85. The van der Waals surface area contributed by atoms with Gasteiger partial charge in [0.15, 0.2) is 5.65 Å². The Morgan fingerprint density at radius 2 is 2.11 bits per heavy atom. The van der Waals surface area contributed by atoms with Gasteiger partial charge >= 0.3 is 0 Å². The van der Waals surface area contributed by atoms with Crippen molar-refractivity contribution >= 4 is 17.0 Å². The number of nitrogens with zero attached hydrogens (tertiary/aromatic N) is 3. The lowest BCUT2D eigenvalue weighted by molar-refractivity contribution is 0.00293. The van der Waals surface area contributed by atoms with Crippen LogP contribution in [-0.4, -0.2) is 33.7 Å². The van der Waals surface area contributed by atoms with Gasteiger partial charge in [0.25, 0.3) is 0 Å². The molecule has 1 N–H and O–H groups in total. The van der Waals surface area contributed by atoms with Crippen LogP contribution in [0.15, 0.2) is 24.5 Å². The number of hydrogen-bond acceptors (Lipinski definition) is 5. The molecule has 94 valence electrons. The molecular formula is C13H16N4O. The SMILES string of the molecule is CCOC1CC(Nc2ccc3nccnc3n2)C1. The Morgan fingerprint density at radius 3 is 2.94 bits per heavy atom. The molecule has 0 unspecified atom stereocenters. The van der Waals surface area contributed by atoms with Crippen LogP contribution in [0.5, 0.6) is 0 Å². The molecule has 0 atom stereocenters. The van der Waals surface area contributed by atoms with E-state index in [9.17, 15) is 0 Å². The van der Waals surface area contributed by atoms with Crippen molar-refractivity contribution in [2.45, 2.75) is 31.9 Å². The van der Waals surface area contributed by atoms with Crippen LogP contribution < -0.4 is 5.32 Å². The highest BCUT2D eigenvalue weighted by molar-refractivity contribution is 5.71. The summed E-state index contributed by atoms with van der Waals surface area (Å²) in [4.78, 5) is 12.8. The predicted molar refractivity (Wildman–Crippen MR) is 69.4 cm³/mol. The maximum atomic E-state index is 5.53. The van der Waals surface area contributed by atoms with Crippen molar-refractivity contribution in [2.75, 3.05) is 11.9 Å². The molecule has 0 aromatic carbocycles. The second-order valence-corrected chi connectivity index (χ2v) is 4.49. The Labute approximate surface area is 106 Å². The zero-order valence-corrected chi connectivity index (χ0v) is 10.3. The fraction of sp³-hybridized carbons (Fsp3) is 0.462. The smallest absolute Gasteiger partial charge is 0.180 e. The minimum absolute atomic E-state index is 0.410. The van der Waals surface area contributed by atoms with Crippen molar-refractivity contribution in [3.05, 3.63) is 24.5 Å². The molecule has 2 heterocycles. The first kappa shape index (κ1) is 11.3. The Hall–Kier alpha value is -1.75. The quantitative estimate of drug-likeness (QED) is 0.891. The predicted octanol–water partition coefficient (Wildman–Crippen LogP) is 2.00. The van der Waals surface area contributed by atoms with Crippen LogP contribution in [0.4, 0.5) is 5.82 Å². The normalized spacial score (nSPS) is 22.7. The van der Waals surface area contributed by atoms with Crippen molar-refractivity contribution < 1.29 is 4.74 Å². The highest BCUT2D eigenvalue weighted by atomic mass is 16.5. The van der Waals surface area contributed by atoms with Gasteiger partial charge in [0.1, 0.15) is 11.3 Å². The molecule has 1 aliphatic rings. The van der Waals surface area contributed by atoms with E-state index >= 15 is 0 Å². The first-order valence-electron chi connectivity index (χ1n) is 6.31. The molecule has 2 aromatic heterocycles. The Bertz CT molecular complexity index is 539. The number of hydrogen-bond donors (Lipinski definition) is 1. The molecule has 2 aromatic rings. The molecule has 1 saturated carbocycles. The lowest BCUT2D eigenvalue weighted by Crippen LogP contribution is -2.41. The summed E-state index contributed by atoms with van der Waals surface area (Å²) >= 11 is 0. The van der Waals surface area contributed by atoms with Crippen LogP contribution in [0.25, 0.3) is 11.2 Å². The third-order valence-corrected chi connectivity index (χ3v) is 3.18. The minimum atomic E-state index is 0.410. The number of rotatable bonds is 4. The van der Waals surface area contributed by atoms with Gasteiger partial charge in [-0.3, -0.25) is 4.98 Å². The fourth-order valence-corrected chi connectivity index (χ4v) is 2.20. The Balaban J connectivity index is 1.65. The lowest BCUT2D eigenvalue weighted by Gasteiger charge is -2.35. The first-order valence-corrected chi connectivity index (χ1v) is 6.31. The summed E-state index contributed by atoms with van der Waals surface area (Å²) in [5, 5.41) is 3.40. The van der Waals surface area contributed by atoms with Gasteiger partial charge in [-0.1, -0.05) is 0 Å². The number of anilines is 1. The minimum Gasteiger partial charge on any atom is -0.378 e. The molecule has 1 fully saturated rings. The van der Waals surface area contributed by atoms with E-state index in [1.165, 1.54) is 0 Å². The van der Waals surface area contributed by atoms with Crippen LogP contribution in [0.1, 0.15) is 19.8 Å². The Kier molecular flexibility index (Phi) is 3.06. The van der Waals surface area contributed by atoms with Gasteiger partial charge in [-0.25, -0.2) is 9.97 Å². The lowest BCUT2D eigenvalue weighted by atomic mass is 9.89. The molecule has 0 bridgehead atoms. The number of fused-ring (bicyclic) bond motifs is 1. The highest BCUT2D eigenvalue weighted by Gasteiger charge is 2.29. The topological polar surface area (TPSA) is 59.9 Å². The maximum Gasteiger partial charge on any atom is 0.180 e. The maximum absolute atomic E-state index is 5.53. The zero-order chi connectivity index (χ0) is 12.4. The second kappa shape index (κ2) is 4.86. The third-order valence-electron chi connectivity index (χ3n) is 3.18. The standard InChI is InChI=1S/C13H16N4O/c1-2-18-10-7-9(8-10)16-12-4-3-11-13(17-12)15-6-5-14-11/h3-6,9-10H,2,7-8H2,1H3,(H,15,16,17). The second-order valence-electron chi connectivity index (χ2n) is 4.49. The number of ether oxygens (including phenoxy) is 1. The van der Waals surface area contributed by atoms with E-state index in [1.54, 1.807) is 12.4 Å². The van der Waals surface area contributed by atoms with Crippen molar-refractivity contribution in [1.29, 1.82) is 0 Å². The fourth-order valence-electron chi connectivity index (χ4n) is 2.20. The average Bonchev–Trinajstić information content (AvgIpc) is 2.36.